The second kappa shape index (κ2) is 6.15. The summed E-state index contributed by atoms with van der Waals surface area (Å²) in [4.78, 5) is 11.2. The Kier molecular flexibility index (Phi) is 4.84. The monoisotopic (exact) mass is 240 g/mol. The van der Waals surface area contributed by atoms with Gasteiger partial charge in [-0.25, -0.2) is 4.79 Å². The highest BCUT2D eigenvalue weighted by atomic mass is 16.5. The van der Waals surface area contributed by atoms with Crippen molar-refractivity contribution in [2.75, 3.05) is 13.2 Å². The van der Waals surface area contributed by atoms with Gasteiger partial charge in [0.15, 0.2) is 0 Å². The molecular formula is C11H16N2O4. The van der Waals surface area contributed by atoms with Crippen molar-refractivity contribution >= 4 is 5.97 Å². The topological polar surface area (TPSA) is 92.5 Å². The van der Waals surface area contributed by atoms with Crippen LogP contribution >= 0.6 is 0 Å². The first-order valence-electron chi connectivity index (χ1n) is 5.51. The summed E-state index contributed by atoms with van der Waals surface area (Å²) in [6.07, 6.45) is 1.17. The Morgan fingerprint density at radius 2 is 2.00 bits per heavy atom. The third-order valence-electron chi connectivity index (χ3n) is 2.36. The summed E-state index contributed by atoms with van der Waals surface area (Å²) in [5.41, 5.74) is 1.36. The minimum absolute atomic E-state index is 0.00356. The van der Waals surface area contributed by atoms with E-state index in [0.29, 0.717) is 24.1 Å². The van der Waals surface area contributed by atoms with Crippen LogP contribution in [0.15, 0.2) is 0 Å². The van der Waals surface area contributed by atoms with Crippen molar-refractivity contribution < 1.29 is 19.7 Å². The molecule has 0 saturated heterocycles. The Balaban J connectivity index is 3.26. The van der Waals surface area contributed by atoms with Crippen molar-refractivity contribution in [2.45, 2.75) is 26.7 Å². The largest absolute Gasteiger partial charge is 0.477 e. The maximum Gasteiger partial charge on any atom is 0.341 e. The molecule has 17 heavy (non-hydrogen) atoms. The van der Waals surface area contributed by atoms with Crippen LogP contribution in [-0.4, -0.2) is 39.6 Å². The van der Waals surface area contributed by atoms with Crippen LogP contribution in [0.25, 0.3) is 0 Å². The predicted octanol–water partition coefficient (Wildman–Crippen LogP) is 0.671. The molecule has 0 radical (unpaired) electrons. The van der Waals surface area contributed by atoms with Crippen molar-refractivity contribution in [3.8, 4) is 5.88 Å². The zero-order valence-corrected chi connectivity index (χ0v) is 9.93. The number of rotatable bonds is 6. The quantitative estimate of drug-likeness (QED) is 0.759. The van der Waals surface area contributed by atoms with Crippen LogP contribution in [0.4, 0.5) is 0 Å². The van der Waals surface area contributed by atoms with Crippen LogP contribution in [0.1, 0.15) is 35.5 Å². The van der Waals surface area contributed by atoms with Crippen LogP contribution in [0.3, 0.4) is 0 Å². The van der Waals surface area contributed by atoms with Gasteiger partial charge in [-0.15, -0.1) is 5.10 Å². The van der Waals surface area contributed by atoms with E-state index in [0.717, 1.165) is 0 Å². The summed E-state index contributed by atoms with van der Waals surface area (Å²) in [6, 6.07) is 0. The lowest BCUT2D eigenvalue weighted by molar-refractivity contribution is 0.0687. The minimum Gasteiger partial charge on any atom is -0.477 e. The van der Waals surface area contributed by atoms with E-state index in [1.807, 2.05) is 13.8 Å². The summed E-state index contributed by atoms with van der Waals surface area (Å²) < 4.78 is 5.09. The lowest BCUT2D eigenvalue weighted by Gasteiger charge is -2.12. The average Bonchev–Trinajstić information content (AvgIpc) is 2.34. The average molecular weight is 240 g/mol. The van der Waals surface area contributed by atoms with Crippen LogP contribution in [-0.2, 0) is 12.8 Å². The molecule has 94 valence electrons. The number of aliphatic hydroxyl groups is 1. The lowest BCUT2D eigenvalue weighted by atomic mass is 10.0. The van der Waals surface area contributed by atoms with Gasteiger partial charge < -0.3 is 14.9 Å². The number of aryl methyl sites for hydroxylation is 1. The fourth-order valence-electron chi connectivity index (χ4n) is 1.62. The number of carboxylic acids is 1. The second-order valence-electron chi connectivity index (χ2n) is 3.39. The maximum atomic E-state index is 11.2. The molecule has 1 aromatic heterocycles. The van der Waals surface area contributed by atoms with Crippen molar-refractivity contribution in [1.82, 2.24) is 10.2 Å². The number of carbonyl (C=O) groups is 1. The van der Waals surface area contributed by atoms with E-state index >= 15 is 0 Å². The number of nitrogens with zero attached hydrogens (tertiary/aromatic N) is 2. The summed E-state index contributed by atoms with van der Waals surface area (Å²) >= 11 is 0. The van der Waals surface area contributed by atoms with Gasteiger partial charge in [0, 0.05) is 0 Å². The highest BCUT2D eigenvalue weighted by molar-refractivity contribution is 5.92. The van der Waals surface area contributed by atoms with Gasteiger partial charge in [0.1, 0.15) is 12.2 Å². The van der Waals surface area contributed by atoms with Gasteiger partial charge in [-0.1, -0.05) is 13.8 Å². The normalized spacial score (nSPS) is 10.3. The van der Waals surface area contributed by atoms with Gasteiger partial charge in [0.05, 0.1) is 12.3 Å². The van der Waals surface area contributed by atoms with Gasteiger partial charge in [0.25, 0.3) is 0 Å². The maximum absolute atomic E-state index is 11.2. The highest BCUT2D eigenvalue weighted by Crippen LogP contribution is 2.22. The Bertz CT molecular complexity index is 407. The Hall–Kier alpha value is -1.69. The molecule has 0 aliphatic carbocycles. The van der Waals surface area contributed by atoms with E-state index in [1.165, 1.54) is 0 Å². The number of aromatic nitrogens is 2. The molecule has 0 aromatic carbocycles. The SMILES string of the molecule is CCc1nnc(OCCO)c(C(=O)O)c1CC. The molecule has 0 spiro atoms. The molecule has 0 amide bonds. The molecule has 0 bridgehead atoms. The Labute approximate surface area is 99.3 Å². The van der Waals surface area contributed by atoms with Crippen molar-refractivity contribution in [1.29, 1.82) is 0 Å². The van der Waals surface area contributed by atoms with Crippen molar-refractivity contribution in [3.05, 3.63) is 16.8 Å². The summed E-state index contributed by atoms with van der Waals surface area (Å²) in [6.45, 7) is 3.56. The number of ether oxygens (including phenoxy) is 1. The standard InChI is InChI=1S/C11H16N2O4/c1-3-7-8(4-2)12-13-10(17-6-5-14)9(7)11(15)16/h14H,3-6H2,1-2H3,(H,15,16). The number of hydrogen-bond acceptors (Lipinski definition) is 5. The molecule has 0 aliphatic rings. The third-order valence-corrected chi connectivity index (χ3v) is 2.36. The van der Waals surface area contributed by atoms with Crippen LogP contribution in [0.5, 0.6) is 5.88 Å². The van der Waals surface area contributed by atoms with Crippen LogP contribution in [0, 0.1) is 0 Å². The van der Waals surface area contributed by atoms with E-state index in [1.54, 1.807) is 0 Å². The van der Waals surface area contributed by atoms with E-state index in [2.05, 4.69) is 10.2 Å². The second-order valence-corrected chi connectivity index (χ2v) is 3.39. The molecule has 0 saturated carbocycles. The molecule has 1 rings (SSSR count). The fourth-order valence-corrected chi connectivity index (χ4v) is 1.62. The lowest BCUT2D eigenvalue weighted by Crippen LogP contribution is -2.14. The number of hydrogen-bond donors (Lipinski definition) is 2. The summed E-state index contributed by atoms with van der Waals surface area (Å²) in [5.74, 6) is -1.11. The Morgan fingerprint density at radius 3 is 2.47 bits per heavy atom. The van der Waals surface area contributed by atoms with Gasteiger partial charge in [-0.05, 0) is 18.4 Å². The molecule has 0 unspecified atom stereocenters. The number of carboxylic acid groups (broad SMARTS) is 1. The zero-order valence-electron chi connectivity index (χ0n) is 9.93. The van der Waals surface area contributed by atoms with Crippen molar-refractivity contribution in [3.63, 3.8) is 0 Å². The first-order valence-corrected chi connectivity index (χ1v) is 5.51. The highest BCUT2D eigenvalue weighted by Gasteiger charge is 2.21. The predicted molar refractivity (Wildman–Crippen MR) is 60.3 cm³/mol. The molecule has 0 fully saturated rings. The zero-order chi connectivity index (χ0) is 12.8. The van der Waals surface area contributed by atoms with Gasteiger partial charge in [-0.3, -0.25) is 0 Å². The fraction of sp³-hybridized carbons (Fsp3) is 0.545. The number of aromatic carboxylic acids is 1. The molecule has 6 nitrogen and oxygen atoms in total. The molecule has 6 heteroatoms. The molecule has 1 heterocycles. The summed E-state index contributed by atoms with van der Waals surface area (Å²) in [7, 11) is 0. The molecule has 0 aliphatic heterocycles. The smallest absolute Gasteiger partial charge is 0.341 e. The third kappa shape index (κ3) is 2.91. The van der Waals surface area contributed by atoms with E-state index in [4.69, 9.17) is 9.84 Å². The Morgan fingerprint density at radius 1 is 1.29 bits per heavy atom. The number of aliphatic hydroxyl groups excluding tert-OH is 1. The molecule has 2 N–H and O–H groups in total. The van der Waals surface area contributed by atoms with E-state index in [9.17, 15) is 9.90 Å². The molecule has 1 aromatic rings. The van der Waals surface area contributed by atoms with Gasteiger partial charge in [-0.2, -0.15) is 5.10 Å². The van der Waals surface area contributed by atoms with Gasteiger partial charge >= 0.3 is 5.97 Å². The molecular weight excluding hydrogens is 224 g/mol. The van der Waals surface area contributed by atoms with Gasteiger partial charge in [0.2, 0.25) is 5.88 Å². The first kappa shape index (κ1) is 13.4. The van der Waals surface area contributed by atoms with Crippen LogP contribution in [0.2, 0.25) is 0 Å². The van der Waals surface area contributed by atoms with Crippen molar-refractivity contribution in [2.24, 2.45) is 0 Å². The van der Waals surface area contributed by atoms with E-state index < -0.39 is 5.97 Å². The first-order chi connectivity index (χ1) is 8.15. The van der Waals surface area contributed by atoms with Crippen LogP contribution < -0.4 is 4.74 Å². The van der Waals surface area contributed by atoms with E-state index in [-0.39, 0.29) is 24.7 Å². The summed E-state index contributed by atoms with van der Waals surface area (Å²) in [5, 5.41) is 25.5. The minimum atomic E-state index is -1.08. The molecule has 0 atom stereocenters.